The zero-order valence-corrected chi connectivity index (χ0v) is 11.1. The third kappa shape index (κ3) is 3.21. The lowest BCUT2D eigenvalue weighted by atomic mass is 9.86. The van der Waals surface area contributed by atoms with Crippen molar-refractivity contribution in [1.29, 1.82) is 0 Å². The van der Waals surface area contributed by atoms with Crippen molar-refractivity contribution in [3.8, 4) is 0 Å². The van der Waals surface area contributed by atoms with E-state index in [1.807, 2.05) is 0 Å². The molecule has 0 atom stereocenters. The van der Waals surface area contributed by atoms with Crippen LogP contribution in [-0.2, 0) is 0 Å². The van der Waals surface area contributed by atoms with Gasteiger partial charge in [0, 0.05) is 12.1 Å². The summed E-state index contributed by atoms with van der Waals surface area (Å²) < 4.78 is 0. The average molecular weight is 224 g/mol. The second kappa shape index (κ2) is 5.50. The van der Waals surface area contributed by atoms with E-state index in [2.05, 4.69) is 24.2 Å². The van der Waals surface area contributed by atoms with E-state index in [4.69, 9.17) is 0 Å². The van der Waals surface area contributed by atoms with E-state index in [0.717, 1.165) is 5.92 Å². The van der Waals surface area contributed by atoms with Gasteiger partial charge in [0.25, 0.3) is 0 Å². The predicted octanol–water partition coefficient (Wildman–Crippen LogP) is 2.64. The van der Waals surface area contributed by atoms with Crippen molar-refractivity contribution >= 4 is 0 Å². The van der Waals surface area contributed by atoms with Crippen molar-refractivity contribution in [3.63, 3.8) is 0 Å². The van der Waals surface area contributed by atoms with Gasteiger partial charge in [-0.15, -0.1) is 0 Å². The third-order valence-corrected chi connectivity index (χ3v) is 4.80. The van der Waals surface area contributed by atoms with Crippen molar-refractivity contribution in [2.45, 2.75) is 57.4 Å². The van der Waals surface area contributed by atoms with Crippen LogP contribution in [0.5, 0.6) is 0 Å². The Balaban J connectivity index is 1.72. The highest BCUT2D eigenvalue weighted by Gasteiger charge is 2.29. The maximum absolute atomic E-state index is 3.48. The molecule has 0 aromatic rings. The molecule has 1 aliphatic heterocycles. The van der Waals surface area contributed by atoms with Gasteiger partial charge in [-0.05, 0) is 58.7 Å². The number of rotatable bonds is 3. The zero-order chi connectivity index (χ0) is 11.4. The molecule has 0 unspecified atom stereocenters. The summed E-state index contributed by atoms with van der Waals surface area (Å²) in [4.78, 5) is 2.70. The van der Waals surface area contributed by atoms with Crippen LogP contribution in [0.25, 0.3) is 0 Å². The predicted molar refractivity (Wildman–Crippen MR) is 69.7 cm³/mol. The Morgan fingerprint density at radius 3 is 2.31 bits per heavy atom. The zero-order valence-electron chi connectivity index (χ0n) is 11.1. The summed E-state index contributed by atoms with van der Waals surface area (Å²) >= 11 is 0. The Morgan fingerprint density at radius 1 is 1.12 bits per heavy atom. The van der Waals surface area contributed by atoms with Gasteiger partial charge in [-0.25, -0.2) is 0 Å². The maximum Gasteiger partial charge on any atom is 0.0174 e. The lowest BCUT2D eigenvalue weighted by Gasteiger charge is -2.41. The van der Waals surface area contributed by atoms with E-state index in [1.165, 1.54) is 64.6 Å². The van der Waals surface area contributed by atoms with E-state index in [1.54, 1.807) is 0 Å². The van der Waals surface area contributed by atoms with Gasteiger partial charge in [0.05, 0.1) is 0 Å². The van der Waals surface area contributed by atoms with Crippen LogP contribution in [0.4, 0.5) is 0 Å². The molecule has 0 aromatic carbocycles. The monoisotopic (exact) mass is 224 g/mol. The molecule has 1 saturated heterocycles. The Bertz CT molecular complexity index is 201. The van der Waals surface area contributed by atoms with Gasteiger partial charge in [0.15, 0.2) is 0 Å². The Kier molecular flexibility index (Phi) is 4.26. The van der Waals surface area contributed by atoms with E-state index in [0.29, 0.717) is 5.54 Å². The second-order valence-corrected chi connectivity index (χ2v) is 6.12. The molecule has 2 aliphatic rings. The van der Waals surface area contributed by atoms with Gasteiger partial charge in [-0.1, -0.05) is 19.3 Å². The first-order valence-electron chi connectivity index (χ1n) is 7.13. The molecule has 16 heavy (non-hydrogen) atoms. The number of nitrogens with zero attached hydrogens (tertiary/aromatic N) is 1. The number of hydrogen-bond donors (Lipinski definition) is 1. The van der Waals surface area contributed by atoms with Crippen LogP contribution in [-0.4, -0.2) is 37.1 Å². The summed E-state index contributed by atoms with van der Waals surface area (Å²) in [5.74, 6) is 1.01. The molecule has 1 heterocycles. The lowest BCUT2D eigenvalue weighted by molar-refractivity contribution is 0.124. The molecule has 0 spiro atoms. The first kappa shape index (κ1) is 12.4. The Hall–Kier alpha value is -0.0800. The fourth-order valence-corrected chi connectivity index (χ4v) is 3.21. The van der Waals surface area contributed by atoms with E-state index < -0.39 is 0 Å². The van der Waals surface area contributed by atoms with Crippen molar-refractivity contribution in [2.24, 2.45) is 5.92 Å². The topological polar surface area (TPSA) is 15.3 Å². The Labute approximate surface area is 101 Å². The second-order valence-electron chi connectivity index (χ2n) is 6.12. The van der Waals surface area contributed by atoms with Crippen LogP contribution in [0, 0.1) is 5.92 Å². The van der Waals surface area contributed by atoms with Crippen LogP contribution >= 0.6 is 0 Å². The van der Waals surface area contributed by atoms with Crippen LogP contribution in [0.15, 0.2) is 0 Å². The molecular formula is C14H28N2. The molecule has 2 fully saturated rings. The number of hydrogen-bond acceptors (Lipinski definition) is 2. The minimum absolute atomic E-state index is 0.406. The minimum atomic E-state index is 0.406. The van der Waals surface area contributed by atoms with Crippen molar-refractivity contribution in [1.82, 2.24) is 10.2 Å². The molecule has 94 valence electrons. The van der Waals surface area contributed by atoms with Crippen LogP contribution in [0.1, 0.15) is 51.9 Å². The number of nitrogens with one attached hydrogen (secondary N) is 1. The van der Waals surface area contributed by atoms with E-state index in [-0.39, 0.29) is 0 Å². The first-order chi connectivity index (χ1) is 7.72. The van der Waals surface area contributed by atoms with Gasteiger partial charge < -0.3 is 10.2 Å². The normalized spacial score (nSPS) is 28.1. The van der Waals surface area contributed by atoms with E-state index in [9.17, 15) is 0 Å². The number of piperidine rings is 1. The van der Waals surface area contributed by atoms with Gasteiger partial charge in [-0.3, -0.25) is 0 Å². The maximum atomic E-state index is 3.48. The molecule has 2 rings (SSSR count). The van der Waals surface area contributed by atoms with Crippen LogP contribution < -0.4 is 5.32 Å². The largest absolute Gasteiger partial charge is 0.314 e. The van der Waals surface area contributed by atoms with Crippen LogP contribution in [0.2, 0.25) is 0 Å². The quantitative estimate of drug-likeness (QED) is 0.793. The number of likely N-dealkylation sites (tertiary alicyclic amines) is 1. The third-order valence-electron chi connectivity index (χ3n) is 4.80. The van der Waals surface area contributed by atoms with Crippen molar-refractivity contribution in [2.75, 3.05) is 26.7 Å². The van der Waals surface area contributed by atoms with Gasteiger partial charge in [0.1, 0.15) is 0 Å². The van der Waals surface area contributed by atoms with Gasteiger partial charge in [0.2, 0.25) is 0 Å². The smallest absolute Gasteiger partial charge is 0.0174 e. The molecule has 0 radical (unpaired) electrons. The van der Waals surface area contributed by atoms with Gasteiger partial charge in [-0.2, -0.15) is 0 Å². The molecular weight excluding hydrogens is 196 g/mol. The highest BCUT2D eigenvalue weighted by atomic mass is 15.1. The molecule has 2 heteroatoms. The summed E-state index contributed by atoms with van der Waals surface area (Å²) in [5.41, 5.74) is 0.406. The molecule has 2 nitrogen and oxygen atoms in total. The fourth-order valence-electron chi connectivity index (χ4n) is 3.21. The average Bonchev–Trinajstić information content (AvgIpc) is 2.34. The molecule has 1 saturated carbocycles. The summed E-state index contributed by atoms with van der Waals surface area (Å²) in [7, 11) is 2.11. The summed E-state index contributed by atoms with van der Waals surface area (Å²) in [5, 5.41) is 3.48. The molecule has 0 amide bonds. The summed E-state index contributed by atoms with van der Waals surface area (Å²) in [6.07, 6.45) is 10.0. The molecule has 1 N–H and O–H groups in total. The fraction of sp³-hybridized carbons (Fsp3) is 1.00. The summed E-state index contributed by atoms with van der Waals surface area (Å²) in [6.45, 7) is 6.34. The van der Waals surface area contributed by atoms with Crippen LogP contribution in [0.3, 0.4) is 0 Å². The minimum Gasteiger partial charge on any atom is -0.314 e. The summed E-state index contributed by atoms with van der Waals surface area (Å²) in [6, 6.07) is 0. The highest BCUT2D eigenvalue weighted by Crippen LogP contribution is 2.27. The lowest BCUT2D eigenvalue weighted by Crippen LogP contribution is -2.50. The highest BCUT2D eigenvalue weighted by molar-refractivity contribution is 4.88. The molecule has 1 aliphatic carbocycles. The SMILES string of the molecule is CNC1(C)CCN(CC2CCCCC2)CC1. The Morgan fingerprint density at radius 2 is 1.75 bits per heavy atom. The van der Waals surface area contributed by atoms with Crippen molar-refractivity contribution < 1.29 is 0 Å². The molecule has 0 aromatic heterocycles. The van der Waals surface area contributed by atoms with Crippen molar-refractivity contribution in [3.05, 3.63) is 0 Å². The van der Waals surface area contributed by atoms with Gasteiger partial charge >= 0.3 is 0 Å². The van der Waals surface area contributed by atoms with E-state index >= 15 is 0 Å². The molecule has 0 bridgehead atoms. The first-order valence-corrected chi connectivity index (χ1v) is 7.13. The standard InChI is InChI=1S/C14H28N2/c1-14(15-2)8-10-16(11-9-14)12-13-6-4-3-5-7-13/h13,15H,3-12H2,1-2H3.